The van der Waals surface area contributed by atoms with E-state index in [1.165, 1.54) is 12.1 Å². The third kappa shape index (κ3) is 2.21. The molecule has 0 bridgehead atoms. The fourth-order valence-electron chi connectivity index (χ4n) is 0.887. The van der Waals surface area contributed by atoms with Crippen LogP contribution >= 0.6 is 11.6 Å². The Hall–Kier alpha value is -1.03. The lowest BCUT2D eigenvalue weighted by Gasteiger charge is -2.04. The molecule has 0 saturated carbocycles. The maximum Gasteiger partial charge on any atom is 0.280 e. The highest BCUT2D eigenvalue weighted by Crippen LogP contribution is 2.22. The van der Waals surface area contributed by atoms with Crippen molar-refractivity contribution in [3.8, 4) is 0 Å². The summed E-state index contributed by atoms with van der Waals surface area (Å²) >= 11 is 5.41. The molecule has 0 aliphatic rings. The van der Waals surface area contributed by atoms with Gasteiger partial charge in [0.1, 0.15) is 11.4 Å². The van der Waals surface area contributed by atoms with Crippen LogP contribution in [0, 0.1) is 0 Å². The first-order chi connectivity index (χ1) is 6.19. The molecular weight excluding hydrogens is 200 g/mol. The second-order valence-electron chi connectivity index (χ2n) is 2.33. The smallest absolute Gasteiger partial charge is 0.280 e. The van der Waals surface area contributed by atoms with E-state index in [1.54, 1.807) is 0 Å². The number of carbonyl (C=O) groups excluding carboxylic acids is 1. The van der Waals surface area contributed by atoms with E-state index in [-0.39, 0.29) is 17.1 Å². The van der Waals surface area contributed by atoms with E-state index in [0.717, 1.165) is 0 Å². The van der Waals surface area contributed by atoms with Gasteiger partial charge in [0.25, 0.3) is 6.43 Å². The van der Waals surface area contributed by atoms with Gasteiger partial charge in [-0.05, 0) is 11.6 Å². The quantitative estimate of drug-likeness (QED) is 0.561. The number of aldehydes is 1. The normalized spacial score (nSPS) is 10.5. The van der Waals surface area contributed by atoms with E-state index in [2.05, 4.69) is 4.98 Å². The Labute approximate surface area is 78.5 Å². The Balaban J connectivity index is 3.17. The van der Waals surface area contributed by atoms with E-state index in [0.29, 0.717) is 6.29 Å². The molecule has 0 aromatic carbocycles. The maximum absolute atomic E-state index is 12.3. The van der Waals surface area contributed by atoms with Gasteiger partial charge in [-0.1, -0.05) is 6.07 Å². The van der Waals surface area contributed by atoms with Gasteiger partial charge >= 0.3 is 0 Å². The molecule has 1 aromatic rings. The summed E-state index contributed by atoms with van der Waals surface area (Å²) in [6, 6.07) is 2.74. The van der Waals surface area contributed by atoms with Gasteiger partial charge in [-0.15, -0.1) is 11.6 Å². The van der Waals surface area contributed by atoms with Crippen LogP contribution in [0.2, 0.25) is 0 Å². The fraction of sp³-hybridized carbons (Fsp3) is 0.250. The molecule has 1 aromatic heterocycles. The lowest BCUT2D eigenvalue weighted by Crippen LogP contribution is -1.99. The molecule has 0 unspecified atom stereocenters. The van der Waals surface area contributed by atoms with Crippen LogP contribution in [-0.2, 0) is 5.88 Å². The predicted molar refractivity (Wildman–Crippen MR) is 44.1 cm³/mol. The predicted octanol–water partition coefficient (Wildman–Crippen LogP) is 2.57. The molecule has 0 aliphatic heterocycles. The lowest BCUT2D eigenvalue weighted by atomic mass is 10.2. The summed E-state index contributed by atoms with van der Waals surface area (Å²) in [6.45, 7) is 0. The number of rotatable bonds is 3. The highest BCUT2D eigenvalue weighted by Gasteiger charge is 2.14. The molecule has 5 heteroatoms. The topological polar surface area (TPSA) is 30.0 Å². The highest BCUT2D eigenvalue weighted by molar-refractivity contribution is 6.17. The number of hydrogen-bond acceptors (Lipinski definition) is 2. The zero-order valence-corrected chi connectivity index (χ0v) is 7.26. The van der Waals surface area contributed by atoms with Crippen LogP contribution < -0.4 is 0 Å². The molecule has 2 nitrogen and oxygen atoms in total. The van der Waals surface area contributed by atoms with E-state index in [9.17, 15) is 13.6 Å². The standard InChI is InChI=1S/C8H6ClF2NO/c9-3-5-1-2-6(4-13)12-7(5)8(10)11/h1-2,4,8H,3H2. The molecule has 0 fully saturated rings. The second-order valence-corrected chi connectivity index (χ2v) is 2.60. The molecule has 0 saturated heterocycles. The van der Waals surface area contributed by atoms with Crippen molar-refractivity contribution in [2.45, 2.75) is 12.3 Å². The molecule has 13 heavy (non-hydrogen) atoms. The summed E-state index contributed by atoms with van der Waals surface area (Å²) in [5, 5.41) is 0. The van der Waals surface area contributed by atoms with E-state index in [1.807, 2.05) is 0 Å². The molecule has 0 atom stereocenters. The summed E-state index contributed by atoms with van der Waals surface area (Å²) in [6.07, 6.45) is -2.28. The summed E-state index contributed by atoms with van der Waals surface area (Å²) in [7, 11) is 0. The summed E-state index contributed by atoms with van der Waals surface area (Å²) < 4.78 is 24.6. The van der Waals surface area contributed by atoms with Gasteiger partial charge in [0, 0.05) is 5.88 Å². The highest BCUT2D eigenvalue weighted by atomic mass is 35.5. The molecule has 0 spiro atoms. The number of hydrogen-bond donors (Lipinski definition) is 0. The van der Waals surface area contributed by atoms with Crippen LogP contribution in [0.1, 0.15) is 28.2 Å². The zero-order chi connectivity index (χ0) is 9.84. The average molecular weight is 206 g/mol. The Morgan fingerprint density at radius 1 is 1.54 bits per heavy atom. The van der Waals surface area contributed by atoms with E-state index in [4.69, 9.17) is 11.6 Å². The van der Waals surface area contributed by atoms with Crippen LogP contribution in [0.15, 0.2) is 12.1 Å². The molecule has 0 aliphatic carbocycles. The van der Waals surface area contributed by atoms with Gasteiger partial charge in [0.2, 0.25) is 0 Å². The maximum atomic E-state index is 12.3. The van der Waals surface area contributed by atoms with Gasteiger partial charge in [-0.25, -0.2) is 13.8 Å². The van der Waals surface area contributed by atoms with Crippen molar-refractivity contribution in [1.82, 2.24) is 4.98 Å². The first-order valence-electron chi connectivity index (χ1n) is 3.48. The molecule has 70 valence electrons. The number of halogens is 3. The second kappa shape index (κ2) is 4.28. The third-order valence-electron chi connectivity index (χ3n) is 1.51. The first-order valence-corrected chi connectivity index (χ1v) is 4.01. The number of pyridine rings is 1. The van der Waals surface area contributed by atoms with Crippen molar-refractivity contribution in [2.24, 2.45) is 0 Å². The van der Waals surface area contributed by atoms with Crippen molar-refractivity contribution in [3.63, 3.8) is 0 Å². The fourth-order valence-corrected chi connectivity index (χ4v) is 1.11. The van der Waals surface area contributed by atoms with Crippen molar-refractivity contribution < 1.29 is 13.6 Å². The SMILES string of the molecule is O=Cc1ccc(CCl)c(C(F)F)n1. The Morgan fingerprint density at radius 3 is 2.69 bits per heavy atom. The van der Waals surface area contributed by atoms with Crippen LogP contribution in [0.25, 0.3) is 0 Å². The zero-order valence-electron chi connectivity index (χ0n) is 6.51. The number of nitrogens with zero attached hydrogens (tertiary/aromatic N) is 1. The summed E-state index contributed by atoms with van der Waals surface area (Å²) in [5.74, 6) is -0.0359. The van der Waals surface area contributed by atoms with Gasteiger partial charge < -0.3 is 0 Å². The minimum atomic E-state index is -2.70. The van der Waals surface area contributed by atoms with Crippen molar-refractivity contribution >= 4 is 17.9 Å². The minimum absolute atomic E-state index is 0.0100. The summed E-state index contributed by atoms with van der Waals surface area (Å²) in [4.78, 5) is 13.7. The molecule has 0 radical (unpaired) electrons. The van der Waals surface area contributed by atoms with Crippen LogP contribution in [0.3, 0.4) is 0 Å². The van der Waals surface area contributed by atoms with Gasteiger partial charge in [-0.3, -0.25) is 4.79 Å². The Bertz CT molecular complexity index is 317. The van der Waals surface area contributed by atoms with Crippen molar-refractivity contribution in [3.05, 3.63) is 29.1 Å². The van der Waals surface area contributed by atoms with E-state index < -0.39 is 12.1 Å². The van der Waals surface area contributed by atoms with Gasteiger partial charge in [-0.2, -0.15) is 0 Å². The molecule has 1 heterocycles. The number of carbonyl (C=O) groups is 1. The summed E-state index contributed by atoms with van der Waals surface area (Å²) in [5.41, 5.74) is -0.175. The first kappa shape index (κ1) is 10.1. The van der Waals surface area contributed by atoms with Gasteiger partial charge in [0.15, 0.2) is 6.29 Å². The van der Waals surface area contributed by atoms with E-state index >= 15 is 0 Å². The minimum Gasteiger partial charge on any atom is -0.296 e. The Kier molecular flexibility index (Phi) is 3.31. The third-order valence-corrected chi connectivity index (χ3v) is 1.79. The van der Waals surface area contributed by atoms with Crippen molar-refractivity contribution in [1.29, 1.82) is 0 Å². The Morgan fingerprint density at radius 2 is 2.23 bits per heavy atom. The molecule has 0 amide bonds. The van der Waals surface area contributed by atoms with Crippen molar-refractivity contribution in [2.75, 3.05) is 0 Å². The molecule has 0 N–H and O–H groups in total. The van der Waals surface area contributed by atoms with Crippen LogP contribution in [-0.4, -0.2) is 11.3 Å². The van der Waals surface area contributed by atoms with Crippen LogP contribution in [0.4, 0.5) is 8.78 Å². The molecular formula is C8H6ClF2NO. The van der Waals surface area contributed by atoms with Crippen LogP contribution in [0.5, 0.6) is 0 Å². The average Bonchev–Trinajstić information content (AvgIpc) is 2.16. The number of aromatic nitrogens is 1. The lowest BCUT2D eigenvalue weighted by molar-refractivity contribution is 0.111. The monoisotopic (exact) mass is 205 g/mol. The van der Waals surface area contributed by atoms with Gasteiger partial charge in [0.05, 0.1) is 0 Å². The number of alkyl halides is 3. The largest absolute Gasteiger partial charge is 0.296 e. The molecule has 1 rings (SSSR count).